The fourth-order valence-corrected chi connectivity index (χ4v) is 1.21. The van der Waals surface area contributed by atoms with Crippen LogP contribution in [0.2, 0.25) is 0 Å². The summed E-state index contributed by atoms with van der Waals surface area (Å²) in [7, 11) is 0. The number of carbonyl (C=O) groups is 2. The molecule has 0 spiro atoms. The van der Waals surface area contributed by atoms with E-state index in [1.165, 1.54) is 0 Å². The van der Waals surface area contributed by atoms with Crippen molar-refractivity contribution < 1.29 is 14.7 Å². The van der Waals surface area contributed by atoms with Crippen molar-refractivity contribution in [1.29, 1.82) is 0 Å². The Morgan fingerprint density at radius 2 is 2.31 bits per heavy atom. The van der Waals surface area contributed by atoms with Crippen molar-refractivity contribution in [2.75, 3.05) is 13.1 Å². The van der Waals surface area contributed by atoms with Gasteiger partial charge in [0, 0.05) is 6.54 Å². The highest BCUT2D eigenvalue weighted by atomic mass is 16.3. The summed E-state index contributed by atoms with van der Waals surface area (Å²) in [5.41, 5.74) is 4.84. The molecule has 0 saturated carbocycles. The van der Waals surface area contributed by atoms with E-state index in [-0.39, 0.29) is 12.5 Å². The van der Waals surface area contributed by atoms with Crippen molar-refractivity contribution in [3.63, 3.8) is 0 Å². The van der Waals surface area contributed by atoms with Crippen LogP contribution in [0.3, 0.4) is 0 Å². The first-order valence-corrected chi connectivity index (χ1v) is 4.07. The normalized spacial score (nSPS) is 27.2. The van der Waals surface area contributed by atoms with E-state index in [1.807, 2.05) is 0 Å². The smallest absolute Gasteiger partial charge is 0.237 e. The van der Waals surface area contributed by atoms with E-state index < -0.39 is 18.1 Å². The molecule has 1 rings (SSSR count). The molecule has 0 aromatic carbocycles. The fourth-order valence-electron chi connectivity index (χ4n) is 1.21. The number of β-amino-alcohol motifs (C(OH)–C–C–N with tert-alkyl or cyclic N) is 1. The Labute approximate surface area is 75.5 Å². The average Bonchev–Trinajstić information content (AvgIpc) is 2.47. The summed E-state index contributed by atoms with van der Waals surface area (Å²) in [5.74, 6) is -0.873. The number of hydrogen-bond donors (Lipinski definition) is 4. The van der Waals surface area contributed by atoms with E-state index in [0.29, 0.717) is 13.0 Å². The third-order valence-electron chi connectivity index (χ3n) is 1.86. The van der Waals surface area contributed by atoms with Crippen molar-refractivity contribution in [3.8, 4) is 0 Å². The molecule has 0 radical (unpaired) electrons. The van der Waals surface area contributed by atoms with Gasteiger partial charge in [0.05, 0.1) is 18.7 Å². The highest BCUT2D eigenvalue weighted by Gasteiger charge is 2.27. The molecule has 6 heteroatoms. The van der Waals surface area contributed by atoms with E-state index in [1.54, 1.807) is 0 Å². The zero-order valence-corrected chi connectivity index (χ0v) is 7.12. The first kappa shape index (κ1) is 9.94. The molecule has 1 saturated heterocycles. The van der Waals surface area contributed by atoms with Gasteiger partial charge in [0.2, 0.25) is 11.8 Å². The SMILES string of the molecule is NC(=O)CNC(=O)[C@H]1C[C@@H](O)CN1. The fraction of sp³-hybridized carbons (Fsp3) is 0.714. The van der Waals surface area contributed by atoms with Crippen molar-refractivity contribution in [3.05, 3.63) is 0 Å². The molecule has 1 aliphatic heterocycles. The predicted octanol–water partition coefficient (Wildman–Crippen LogP) is -2.69. The largest absolute Gasteiger partial charge is 0.392 e. The Hall–Kier alpha value is -1.14. The standard InChI is InChI=1S/C7H13N3O3/c8-6(12)3-10-7(13)5-1-4(11)2-9-5/h4-5,9,11H,1-3H2,(H2,8,12)(H,10,13)/t4-,5-/m1/s1. The minimum Gasteiger partial charge on any atom is -0.392 e. The number of aliphatic hydroxyl groups is 1. The first-order valence-electron chi connectivity index (χ1n) is 4.07. The van der Waals surface area contributed by atoms with E-state index in [9.17, 15) is 9.59 Å². The van der Waals surface area contributed by atoms with Crippen LogP contribution in [-0.2, 0) is 9.59 Å². The maximum atomic E-state index is 11.2. The van der Waals surface area contributed by atoms with Gasteiger partial charge in [0.1, 0.15) is 0 Å². The summed E-state index contributed by atoms with van der Waals surface area (Å²) in [5, 5.41) is 14.3. The van der Waals surface area contributed by atoms with Crippen LogP contribution in [0.1, 0.15) is 6.42 Å². The average molecular weight is 187 g/mol. The van der Waals surface area contributed by atoms with Gasteiger partial charge in [-0.3, -0.25) is 9.59 Å². The van der Waals surface area contributed by atoms with Gasteiger partial charge in [0.15, 0.2) is 0 Å². The Balaban J connectivity index is 2.27. The molecule has 0 aliphatic carbocycles. The Morgan fingerprint density at radius 3 is 2.77 bits per heavy atom. The van der Waals surface area contributed by atoms with Crippen LogP contribution in [0.5, 0.6) is 0 Å². The topological polar surface area (TPSA) is 104 Å². The maximum Gasteiger partial charge on any atom is 0.237 e. The molecule has 74 valence electrons. The molecule has 6 nitrogen and oxygen atoms in total. The number of aliphatic hydroxyl groups excluding tert-OH is 1. The van der Waals surface area contributed by atoms with Crippen LogP contribution in [0.4, 0.5) is 0 Å². The molecule has 0 bridgehead atoms. The van der Waals surface area contributed by atoms with Gasteiger partial charge in [-0.25, -0.2) is 0 Å². The van der Waals surface area contributed by atoms with E-state index in [2.05, 4.69) is 10.6 Å². The number of hydrogen-bond acceptors (Lipinski definition) is 4. The van der Waals surface area contributed by atoms with Crippen molar-refractivity contribution >= 4 is 11.8 Å². The van der Waals surface area contributed by atoms with Gasteiger partial charge < -0.3 is 21.5 Å². The van der Waals surface area contributed by atoms with Crippen LogP contribution in [-0.4, -0.2) is 42.2 Å². The molecule has 5 N–H and O–H groups in total. The summed E-state index contributed by atoms with van der Waals surface area (Å²) >= 11 is 0. The number of rotatable bonds is 3. The van der Waals surface area contributed by atoms with E-state index in [0.717, 1.165) is 0 Å². The molecule has 2 atom stereocenters. The number of primary amides is 1. The van der Waals surface area contributed by atoms with Crippen LogP contribution in [0.15, 0.2) is 0 Å². The number of amides is 2. The summed E-state index contributed by atoms with van der Waals surface area (Å²) in [4.78, 5) is 21.5. The quantitative estimate of drug-likeness (QED) is 0.386. The lowest BCUT2D eigenvalue weighted by molar-refractivity contribution is -0.126. The molecular weight excluding hydrogens is 174 g/mol. The van der Waals surface area contributed by atoms with Crippen molar-refractivity contribution in [1.82, 2.24) is 10.6 Å². The Bertz CT molecular complexity index is 219. The van der Waals surface area contributed by atoms with Gasteiger partial charge in [-0.05, 0) is 6.42 Å². The van der Waals surface area contributed by atoms with E-state index in [4.69, 9.17) is 10.8 Å². The van der Waals surface area contributed by atoms with E-state index >= 15 is 0 Å². The van der Waals surface area contributed by atoms with Crippen molar-refractivity contribution in [2.24, 2.45) is 5.73 Å². The third kappa shape index (κ3) is 3.00. The van der Waals surface area contributed by atoms with Crippen LogP contribution >= 0.6 is 0 Å². The summed E-state index contributed by atoms with van der Waals surface area (Å²) in [6, 6.07) is -0.408. The maximum absolute atomic E-state index is 11.2. The monoisotopic (exact) mass is 187 g/mol. The number of nitrogens with one attached hydrogen (secondary N) is 2. The highest BCUT2D eigenvalue weighted by Crippen LogP contribution is 2.05. The third-order valence-corrected chi connectivity index (χ3v) is 1.86. The number of nitrogens with two attached hydrogens (primary N) is 1. The lowest BCUT2D eigenvalue weighted by Gasteiger charge is -2.08. The lowest BCUT2D eigenvalue weighted by Crippen LogP contribution is -2.43. The Morgan fingerprint density at radius 1 is 1.62 bits per heavy atom. The van der Waals surface area contributed by atoms with Crippen LogP contribution < -0.4 is 16.4 Å². The van der Waals surface area contributed by atoms with Crippen LogP contribution in [0, 0.1) is 0 Å². The zero-order chi connectivity index (χ0) is 9.84. The predicted molar refractivity (Wildman–Crippen MR) is 44.6 cm³/mol. The molecule has 0 aromatic rings. The number of carbonyl (C=O) groups excluding carboxylic acids is 2. The lowest BCUT2D eigenvalue weighted by atomic mass is 10.2. The van der Waals surface area contributed by atoms with Gasteiger partial charge >= 0.3 is 0 Å². The summed E-state index contributed by atoms with van der Waals surface area (Å²) in [6.45, 7) is 0.252. The van der Waals surface area contributed by atoms with Gasteiger partial charge in [0.25, 0.3) is 0 Å². The van der Waals surface area contributed by atoms with Gasteiger partial charge in [-0.15, -0.1) is 0 Å². The summed E-state index contributed by atoms with van der Waals surface area (Å²) < 4.78 is 0. The van der Waals surface area contributed by atoms with Crippen molar-refractivity contribution in [2.45, 2.75) is 18.6 Å². The van der Waals surface area contributed by atoms with Gasteiger partial charge in [-0.2, -0.15) is 0 Å². The zero-order valence-electron chi connectivity index (χ0n) is 7.12. The molecule has 13 heavy (non-hydrogen) atoms. The minimum atomic E-state index is -0.577. The molecule has 2 amide bonds. The molecule has 0 unspecified atom stereocenters. The van der Waals surface area contributed by atoms with Gasteiger partial charge in [-0.1, -0.05) is 0 Å². The second kappa shape index (κ2) is 4.20. The first-order chi connectivity index (χ1) is 6.09. The molecule has 1 aliphatic rings. The molecular formula is C7H13N3O3. The molecule has 0 aromatic heterocycles. The molecule has 1 heterocycles. The summed E-state index contributed by atoms with van der Waals surface area (Å²) in [6.07, 6.45) is -0.103. The Kier molecular flexibility index (Phi) is 3.21. The second-order valence-electron chi connectivity index (χ2n) is 3.03. The minimum absolute atomic E-state index is 0.160. The molecule has 1 fully saturated rings. The van der Waals surface area contributed by atoms with Crippen LogP contribution in [0.25, 0.3) is 0 Å². The highest BCUT2D eigenvalue weighted by molar-refractivity contribution is 5.86. The second-order valence-corrected chi connectivity index (χ2v) is 3.03.